The largest absolute Gasteiger partial charge is 0.310 e. The maximum Gasteiger partial charge on any atom is 0.252 e. The maximum atomic E-state index is 2.71. The van der Waals surface area contributed by atoms with E-state index in [1.54, 1.807) is 0 Å². The molecule has 3 heteroatoms. The fraction of sp³-hybridized carbons (Fsp3) is 0.0169. The molecule has 0 saturated carbocycles. The van der Waals surface area contributed by atoms with Gasteiger partial charge in [-0.1, -0.05) is 182 Å². The number of rotatable bonds is 2. The SMILES string of the molecule is c1ccc(-c2ccc3c(-c4cc5c6c7c4-n4c8ccccc8c8cccc(c84)B7c4cccc7c8cccc(c8n-6c47)C54c5ccccc5-c5ccccc54)cccc3c2)cc1. The summed E-state index contributed by atoms with van der Waals surface area (Å²) >= 11 is 0. The van der Waals surface area contributed by atoms with Gasteiger partial charge in [0.1, 0.15) is 0 Å². The highest BCUT2D eigenvalue weighted by atomic mass is 15.1. The molecule has 1 aliphatic carbocycles. The van der Waals surface area contributed by atoms with Crippen LogP contribution in [0.3, 0.4) is 0 Å². The minimum Gasteiger partial charge on any atom is -0.310 e. The van der Waals surface area contributed by atoms with Crippen molar-refractivity contribution in [3.63, 3.8) is 0 Å². The van der Waals surface area contributed by atoms with Crippen molar-refractivity contribution in [3.8, 4) is 44.8 Å². The first-order chi connectivity index (χ1) is 30.8. The van der Waals surface area contributed by atoms with E-state index < -0.39 is 5.41 Å². The summed E-state index contributed by atoms with van der Waals surface area (Å²) in [6, 6.07) is 76.4. The van der Waals surface area contributed by atoms with E-state index in [1.165, 1.54) is 138 Å². The van der Waals surface area contributed by atoms with E-state index in [-0.39, 0.29) is 6.71 Å². The highest BCUT2D eigenvalue weighted by Crippen LogP contribution is 2.62. The zero-order valence-electron chi connectivity index (χ0n) is 33.5. The van der Waals surface area contributed by atoms with Crippen LogP contribution in [0, 0.1) is 0 Å². The van der Waals surface area contributed by atoms with Gasteiger partial charge in [0.05, 0.1) is 22.1 Å². The fourth-order valence-corrected chi connectivity index (χ4v) is 13.1. The van der Waals surface area contributed by atoms with Crippen LogP contribution in [0.1, 0.15) is 22.3 Å². The van der Waals surface area contributed by atoms with Crippen molar-refractivity contribution in [2.24, 2.45) is 0 Å². The monoisotopic (exact) mass is 780 g/mol. The molecule has 0 atom stereocenters. The van der Waals surface area contributed by atoms with Crippen molar-refractivity contribution in [2.75, 3.05) is 0 Å². The predicted octanol–water partition coefficient (Wildman–Crippen LogP) is 12.2. The van der Waals surface area contributed by atoms with Gasteiger partial charge >= 0.3 is 0 Å². The number of nitrogens with zero attached hydrogens (tertiary/aromatic N) is 2. The molecule has 0 radical (unpaired) electrons. The number of fused-ring (bicyclic) bond motifs is 15. The second-order valence-corrected chi connectivity index (χ2v) is 17.8. The van der Waals surface area contributed by atoms with Crippen molar-refractivity contribution >= 4 is 77.5 Å². The molecule has 282 valence electrons. The molecule has 1 spiro atoms. The number of para-hydroxylation sites is 4. The zero-order chi connectivity index (χ0) is 40.0. The Kier molecular flexibility index (Phi) is 5.62. The van der Waals surface area contributed by atoms with Crippen LogP contribution in [-0.4, -0.2) is 15.8 Å². The molecule has 0 bridgehead atoms. The van der Waals surface area contributed by atoms with Crippen LogP contribution in [0.2, 0.25) is 0 Å². The lowest BCUT2D eigenvalue weighted by Gasteiger charge is -2.44. The smallest absolute Gasteiger partial charge is 0.252 e. The van der Waals surface area contributed by atoms with Gasteiger partial charge in [-0.3, -0.25) is 0 Å². The lowest BCUT2D eigenvalue weighted by Crippen LogP contribution is -2.60. The van der Waals surface area contributed by atoms with E-state index in [1.807, 2.05) is 0 Å². The molecule has 0 N–H and O–H groups in total. The molecule has 62 heavy (non-hydrogen) atoms. The Bertz CT molecular complexity index is 4010. The first kappa shape index (κ1) is 32.0. The van der Waals surface area contributed by atoms with Crippen molar-refractivity contribution in [1.82, 2.24) is 9.13 Å². The van der Waals surface area contributed by atoms with E-state index in [2.05, 4.69) is 209 Å². The van der Waals surface area contributed by atoms with Crippen LogP contribution in [0.15, 0.2) is 200 Å². The molecule has 2 nitrogen and oxygen atoms in total. The molecular formula is C59H33BN2. The number of hydrogen-bond acceptors (Lipinski definition) is 0. The molecule has 10 aromatic carbocycles. The van der Waals surface area contributed by atoms with E-state index in [0.29, 0.717) is 0 Å². The standard InChI is InChI=1S/C59H33BN2/c1-2-14-34(15-3-1)35-30-31-37-36(32-35)16-10-20-38(37)45-33-49-58-53-57(45)61-52-29-9-6-19-41(52)42-22-12-27-50(55(42)61)60(53)51-28-13-23-44-43-21-11-26-48(54(43)62(58)56(44)51)59(49)46-24-7-4-17-39(46)40-18-5-8-25-47(40)59/h1-33H. The number of aromatic nitrogens is 2. The number of benzene rings is 10. The molecule has 5 heterocycles. The third kappa shape index (κ3) is 3.47. The first-order valence-electron chi connectivity index (χ1n) is 21.9. The Morgan fingerprint density at radius 3 is 1.73 bits per heavy atom. The second kappa shape index (κ2) is 10.9. The van der Waals surface area contributed by atoms with Gasteiger partial charge < -0.3 is 9.13 Å². The normalized spacial score (nSPS) is 14.2. The molecule has 3 aliphatic heterocycles. The van der Waals surface area contributed by atoms with E-state index in [4.69, 9.17) is 0 Å². The Hall–Kier alpha value is -7.88. The van der Waals surface area contributed by atoms with Crippen LogP contribution < -0.4 is 16.4 Å². The Balaban J connectivity index is 1.17. The molecule has 0 fully saturated rings. The molecule has 0 amide bonds. The molecule has 4 aliphatic rings. The third-order valence-corrected chi connectivity index (χ3v) is 15.3. The van der Waals surface area contributed by atoms with Gasteiger partial charge in [-0.15, -0.1) is 0 Å². The quantitative estimate of drug-likeness (QED) is 0.155. The van der Waals surface area contributed by atoms with Gasteiger partial charge in [0.2, 0.25) is 0 Å². The van der Waals surface area contributed by atoms with E-state index in [9.17, 15) is 0 Å². The summed E-state index contributed by atoms with van der Waals surface area (Å²) < 4.78 is 5.37. The van der Waals surface area contributed by atoms with Crippen LogP contribution >= 0.6 is 0 Å². The highest BCUT2D eigenvalue weighted by molar-refractivity contribution is 7.00. The average molecular weight is 781 g/mol. The van der Waals surface area contributed by atoms with Crippen molar-refractivity contribution in [2.45, 2.75) is 5.41 Å². The van der Waals surface area contributed by atoms with Crippen LogP contribution in [-0.2, 0) is 5.41 Å². The summed E-state index contributed by atoms with van der Waals surface area (Å²) in [7, 11) is 0. The predicted molar refractivity (Wildman–Crippen MR) is 259 cm³/mol. The minimum absolute atomic E-state index is 0.0323. The van der Waals surface area contributed by atoms with Gasteiger partial charge in [0.15, 0.2) is 0 Å². The fourth-order valence-electron chi connectivity index (χ4n) is 13.1. The van der Waals surface area contributed by atoms with Gasteiger partial charge in [0.25, 0.3) is 6.71 Å². The summed E-state index contributed by atoms with van der Waals surface area (Å²) in [5.74, 6) is 0. The van der Waals surface area contributed by atoms with Crippen LogP contribution in [0.5, 0.6) is 0 Å². The molecule has 0 saturated heterocycles. The van der Waals surface area contributed by atoms with Crippen molar-refractivity contribution in [3.05, 3.63) is 222 Å². The minimum atomic E-state index is -0.547. The van der Waals surface area contributed by atoms with Gasteiger partial charge in [-0.25, -0.2) is 0 Å². The third-order valence-electron chi connectivity index (χ3n) is 15.3. The first-order valence-corrected chi connectivity index (χ1v) is 21.9. The van der Waals surface area contributed by atoms with Gasteiger partial charge in [-0.05, 0) is 95.4 Å². The summed E-state index contributed by atoms with van der Waals surface area (Å²) in [6.07, 6.45) is 0. The Morgan fingerprint density at radius 2 is 0.935 bits per heavy atom. The van der Waals surface area contributed by atoms with Crippen molar-refractivity contribution < 1.29 is 0 Å². The Morgan fingerprint density at radius 1 is 0.339 bits per heavy atom. The summed E-state index contributed by atoms with van der Waals surface area (Å²) in [5.41, 5.74) is 24.7. The Labute approximate surface area is 357 Å². The number of hydrogen-bond donors (Lipinski definition) is 0. The average Bonchev–Trinajstić information content (AvgIpc) is 3.97. The molecular weight excluding hydrogens is 747 g/mol. The van der Waals surface area contributed by atoms with Crippen LogP contribution in [0.4, 0.5) is 0 Å². The van der Waals surface area contributed by atoms with Gasteiger partial charge in [0, 0.05) is 43.8 Å². The topological polar surface area (TPSA) is 9.86 Å². The van der Waals surface area contributed by atoms with E-state index >= 15 is 0 Å². The molecule has 2 aromatic heterocycles. The maximum absolute atomic E-state index is 2.71. The molecule has 16 rings (SSSR count). The summed E-state index contributed by atoms with van der Waals surface area (Å²) in [4.78, 5) is 0. The summed E-state index contributed by atoms with van der Waals surface area (Å²) in [6.45, 7) is 0.0323. The molecule has 0 unspecified atom stereocenters. The second-order valence-electron chi connectivity index (χ2n) is 17.8. The van der Waals surface area contributed by atoms with E-state index in [0.717, 1.165) is 0 Å². The lowest BCUT2D eigenvalue weighted by atomic mass is 9.33. The molecule has 12 aromatic rings. The lowest BCUT2D eigenvalue weighted by molar-refractivity contribution is 0.749. The zero-order valence-corrected chi connectivity index (χ0v) is 33.5. The van der Waals surface area contributed by atoms with Crippen molar-refractivity contribution in [1.29, 1.82) is 0 Å². The summed E-state index contributed by atoms with van der Waals surface area (Å²) in [5, 5.41) is 7.78. The highest BCUT2D eigenvalue weighted by Gasteiger charge is 2.54. The van der Waals surface area contributed by atoms with Crippen LogP contribution in [0.25, 0.3) is 99.1 Å². The van der Waals surface area contributed by atoms with Gasteiger partial charge in [-0.2, -0.15) is 0 Å².